The molecule has 0 fully saturated rings. The zero-order valence-corrected chi connectivity index (χ0v) is 17.9. The second kappa shape index (κ2) is 12.0. The third-order valence-electron chi connectivity index (χ3n) is 3.35. The van der Waals surface area contributed by atoms with Crippen LogP contribution in [0.5, 0.6) is 5.75 Å². The summed E-state index contributed by atoms with van der Waals surface area (Å²) < 4.78 is 43.2. The zero-order valence-electron chi connectivity index (χ0n) is 14.8. The van der Waals surface area contributed by atoms with Crippen LogP contribution in [0.1, 0.15) is 23.5 Å². The molecule has 10 heteroatoms. The van der Waals surface area contributed by atoms with Gasteiger partial charge in [0.25, 0.3) is 0 Å². The van der Waals surface area contributed by atoms with E-state index in [1.165, 1.54) is 0 Å². The Morgan fingerprint density at radius 2 is 1.93 bits per heavy atom. The molecular weight excluding hydrogens is 492 g/mol. The Bertz CT molecular complexity index is 695. The molecule has 2 N–H and O–H groups in total. The largest absolute Gasteiger partial charge is 0.494 e. The molecule has 0 unspecified atom stereocenters. The average Bonchev–Trinajstić information content (AvgIpc) is 3.11. The molecule has 0 aliphatic carbocycles. The summed E-state index contributed by atoms with van der Waals surface area (Å²) in [6.45, 7) is 1.50. The molecule has 0 amide bonds. The first-order valence-electron chi connectivity index (χ1n) is 8.13. The summed E-state index contributed by atoms with van der Waals surface area (Å²) in [4.78, 5) is 7.61. The van der Waals surface area contributed by atoms with Crippen LogP contribution >= 0.6 is 35.3 Å². The van der Waals surface area contributed by atoms with Crippen molar-refractivity contribution in [3.05, 3.63) is 46.4 Å². The SMILES string of the molecule is CN=C(NCCCCOc1ccccc1)NCc1nc(C(F)(F)F)cs1.I. The molecule has 0 spiro atoms. The van der Waals surface area contributed by atoms with E-state index in [1.807, 2.05) is 30.3 Å². The number of aliphatic imine (C=N–C) groups is 1. The highest BCUT2D eigenvalue weighted by atomic mass is 127. The smallest absolute Gasteiger partial charge is 0.434 e. The van der Waals surface area contributed by atoms with Gasteiger partial charge in [0, 0.05) is 19.0 Å². The van der Waals surface area contributed by atoms with Crippen molar-refractivity contribution < 1.29 is 17.9 Å². The molecule has 0 atom stereocenters. The lowest BCUT2D eigenvalue weighted by Gasteiger charge is -2.11. The number of hydrogen-bond acceptors (Lipinski definition) is 4. The average molecular weight is 514 g/mol. The van der Waals surface area contributed by atoms with Gasteiger partial charge in [-0.25, -0.2) is 4.98 Å². The highest BCUT2D eigenvalue weighted by molar-refractivity contribution is 14.0. The maximum atomic E-state index is 12.5. The van der Waals surface area contributed by atoms with E-state index in [4.69, 9.17) is 4.74 Å². The molecule has 0 aliphatic heterocycles. The number of unbranched alkanes of at least 4 members (excludes halogenated alkanes) is 1. The molecule has 1 aromatic heterocycles. The molecule has 150 valence electrons. The maximum absolute atomic E-state index is 12.5. The first-order valence-corrected chi connectivity index (χ1v) is 9.01. The van der Waals surface area contributed by atoms with Gasteiger partial charge >= 0.3 is 6.18 Å². The van der Waals surface area contributed by atoms with Crippen LogP contribution in [0.3, 0.4) is 0 Å². The predicted molar refractivity (Wildman–Crippen MR) is 112 cm³/mol. The van der Waals surface area contributed by atoms with Crippen molar-refractivity contribution in [2.24, 2.45) is 4.99 Å². The second-order valence-corrected chi connectivity index (χ2v) is 6.29. The summed E-state index contributed by atoms with van der Waals surface area (Å²) in [6, 6.07) is 9.60. The number of ether oxygens (including phenoxy) is 1. The third kappa shape index (κ3) is 8.78. The fourth-order valence-corrected chi connectivity index (χ4v) is 2.78. The third-order valence-corrected chi connectivity index (χ3v) is 4.20. The number of guanidine groups is 1. The quantitative estimate of drug-likeness (QED) is 0.239. The van der Waals surface area contributed by atoms with E-state index in [9.17, 15) is 13.2 Å². The highest BCUT2D eigenvalue weighted by Gasteiger charge is 2.33. The van der Waals surface area contributed by atoms with Crippen molar-refractivity contribution in [2.75, 3.05) is 20.2 Å². The van der Waals surface area contributed by atoms with E-state index in [2.05, 4.69) is 20.6 Å². The Balaban J connectivity index is 0.00000364. The van der Waals surface area contributed by atoms with Gasteiger partial charge in [0.05, 0.1) is 13.2 Å². The topological polar surface area (TPSA) is 58.5 Å². The standard InChI is InChI=1S/C17H21F3N4OS.HI/c1-21-16(23-11-15-24-14(12-26-15)17(18,19)20)22-9-5-6-10-25-13-7-3-2-4-8-13;/h2-4,7-8,12H,5-6,9-11H2,1H3,(H2,21,22,23);1H. The normalized spacial score (nSPS) is 11.6. The summed E-state index contributed by atoms with van der Waals surface area (Å²) in [5.41, 5.74) is -0.860. The molecule has 2 aromatic rings. The molecule has 2 rings (SSSR count). The zero-order chi connectivity index (χ0) is 18.8. The van der Waals surface area contributed by atoms with E-state index in [-0.39, 0.29) is 30.5 Å². The van der Waals surface area contributed by atoms with Gasteiger partial charge < -0.3 is 15.4 Å². The first-order chi connectivity index (χ1) is 12.5. The van der Waals surface area contributed by atoms with E-state index in [1.54, 1.807) is 7.05 Å². The van der Waals surface area contributed by atoms with Gasteiger partial charge in [0.1, 0.15) is 10.8 Å². The minimum absolute atomic E-state index is 0. The van der Waals surface area contributed by atoms with Gasteiger partial charge in [-0.15, -0.1) is 35.3 Å². The van der Waals surface area contributed by atoms with Gasteiger partial charge in [0.15, 0.2) is 11.7 Å². The summed E-state index contributed by atoms with van der Waals surface area (Å²) >= 11 is 0.969. The number of alkyl halides is 3. The van der Waals surface area contributed by atoms with Crippen molar-refractivity contribution in [3.8, 4) is 5.75 Å². The maximum Gasteiger partial charge on any atom is 0.434 e. The predicted octanol–water partition coefficient (Wildman–Crippen LogP) is 4.30. The van der Waals surface area contributed by atoms with Crippen LogP contribution in [0.4, 0.5) is 13.2 Å². The lowest BCUT2D eigenvalue weighted by molar-refractivity contribution is -0.140. The molecule has 0 aliphatic rings. The number of halogens is 4. The number of hydrogen-bond donors (Lipinski definition) is 2. The van der Waals surface area contributed by atoms with Gasteiger partial charge in [-0.1, -0.05) is 18.2 Å². The number of nitrogens with zero attached hydrogens (tertiary/aromatic N) is 2. The van der Waals surface area contributed by atoms with Gasteiger partial charge in [-0.05, 0) is 25.0 Å². The lowest BCUT2D eigenvalue weighted by atomic mass is 10.3. The van der Waals surface area contributed by atoms with Crippen molar-refractivity contribution in [1.82, 2.24) is 15.6 Å². The van der Waals surface area contributed by atoms with Gasteiger partial charge in [-0.3, -0.25) is 4.99 Å². The fraction of sp³-hybridized carbons (Fsp3) is 0.412. The van der Waals surface area contributed by atoms with Crippen LogP contribution in [0.15, 0.2) is 40.7 Å². The summed E-state index contributed by atoms with van der Waals surface area (Å²) in [5.74, 6) is 1.37. The number of aromatic nitrogens is 1. The molecule has 1 aromatic carbocycles. The van der Waals surface area contributed by atoms with Crippen LogP contribution in [-0.2, 0) is 12.7 Å². The molecule has 0 bridgehead atoms. The van der Waals surface area contributed by atoms with Crippen molar-refractivity contribution in [3.63, 3.8) is 0 Å². The Morgan fingerprint density at radius 1 is 1.19 bits per heavy atom. The summed E-state index contributed by atoms with van der Waals surface area (Å²) in [5, 5.41) is 7.44. The molecule has 0 saturated heterocycles. The second-order valence-electron chi connectivity index (χ2n) is 5.35. The Kier molecular flexibility index (Phi) is 10.4. The van der Waals surface area contributed by atoms with Crippen molar-refractivity contribution in [1.29, 1.82) is 0 Å². The Morgan fingerprint density at radius 3 is 2.56 bits per heavy atom. The van der Waals surface area contributed by atoms with Gasteiger partial charge in [0.2, 0.25) is 0 Å². The first kappa shape index (κ1) is 23.5. The van der Waals surface area contributed by atoms with E-state index in [0.29, 0.717) is 24.1 Å². The summed E-state index contributed by atoms with van der Waals surface area (Å²) in [6.07, 6.45) is -2.65. The van der Waals surface area contributed by atoms with Crippen molar-refractivity contribution >= 4 is 41.3 Å². The summed E-state index contributed by atoms with van der Waals surface area (Å²) in [7, 11) is 1.61. The number of para-hydroxylation sites is 1. The van der Waals surface area contributed by atoms with Crippen LogP contribution < -0.4 is 15.4 Å². The number of nitrogens with one attached hydrogen (secondary N) is 2. The molecule has 0 radical (unpaired) electrons. The number of thiazole rings is 1. The van der Waals surface area contributed by atoms with E-state index >= 15 is 0 Å². The van der Waals surface area contributed by atoms with Crippen LogP contribution in [0, 0.1) is 0 Å². The van der Waals surface area contributed by atoms with E-state index < -0.39 is 11.9 Å². The molecular formula is C17H22F3IN4OS. The number of rotatable bonds is 8. The molecule has 5 nitrogen and oxygen atoms in total. The molecule has 0 saturated carbocycles. The Hall–Kier alpha value is -1.56. The van der Waals surface area contributed by atoms with Crippen molar-refractivity contribution in [2.45, 2.75) is 25.6 Å². The molecule has 1 heterocycles. The van der Waals surface area contributed by atoms with Crippen LogP contribution in [0.2, 0.25) is 0 Å². The fourth-order valence-electron chi connectivity index (χ4n) is 2.04. The monoisotopic (exact) mass is 514 g/mol. The molecule has 27 heavy (non-hydrogen) atoms. The van der Waals surface area contributed by atoms with E-state index in [0.717, 1.165) is 35.3 Å². The number of benzene rings is 1. The van der Waals surface area contributed by atoms with Gasteiger partial charge in [-0.2, -0.15) is 13.2 Å². The van der Waals surface area contributed by atoms with Crippen LogP contribution in [0.25, 0.3) is 0 Å². The minimum Gasteiger partial charge on any atom is -0.494 e. The lowest BCUT2D eigenvalue weighted by Crippen LogP contribution is -2.37. The van der Waals surface area contributed by atoms with Crippen LogP contribution in [-0.4, -0.2) is 31.1 Å². The highest BCUT2D eigenvalue weighted by Crippen LogP contribution is 2.29. The Labute approximate surface area is 177 Å². The minimum atomic E-state index is -4.41.